The summed E-state index contributed by atoms with van der Waals surface area (Å²) in [5.41, 5.74) is 4.07. The van der Waals surface area contributed by atoms with Gasteiger partial charge >= 0.3 is 6.09 Å². The van der Waals surface area contributed by atoms with Crippen molar-refractivity contribution < 1.29 is 29.1 Å². The van der Waals surface area contributed by atoms with Gasteiger partial charge in [-0.1, -0.05) is 36.1 Å². The average Bonchev–Trinajstić information content (AvgIpc) is 2.93. The molecule has 10 heteroatoms. The maximum Gasteiger partial charge on any atom is 0.407 e. The smallest absolute Gasteiger partial charge is 0.407 e. The van der Waals surface area contributed by atoms with Gasteiger partial charge in [-0.15, -0.1) is 0 Å². The Kier molecular flexibility index (Phi) is 11.3. The second-order valence-electron chi connectivity index (χ2n) is 10.2. The number of hydrogen-bond donors (Lipinski definition) is 4. The summed E-state index contributed by atoms with van der Waals surface area (Å²) in [5.74, 6) is 4.71. The summed E-state index contributed by atoms with van der Waals surface area (Å²) in [6.45, 7) is 9.19. The first kappa shape index (κ1) is 30.4. The molecule has 1 atom stereocenters. The summed E-state index contributed by atoms with van der Waals surface area (Å²) < 4.78 is 10.5. The fraction of sp³-hybridized carbons (Fsp3) is 0.367. The molecule has 0 spiro atoms. The Morgan fingerprint density at radius 1 is 1.07 bits per heavy atom. The molecule has 0 saturated carbocycles. The third-order valence-electron chi connectivity index (χ3n) is 5.79. The number of hydrogen-bond acceptors (Lipinski definition) is 7. The van der Waals surface area contributed by atoms with Crippen LogP contribution in [0.25, 0.3) is 6.08 Å². The number of nitrogens with one attached hydrogen (secondary N) is 3. The molecule has 212 valence electrons. The SMILES string of the molecule is CC(C)(C)OC(=O)NC[C@H](NC(=O)c1ccc(C=CC#Cc2ccc(CN3CCOCC3)cc2)cc1)C(=O)NO. The lowest BCUT2D eigenvalue weighted by atomic mass is 10.1. The van der Waals surface area contributed by atoms with Crippen molar-refractivity contribution in [3.63, 3.8) is 0 Å². The van der Waals surface area contributed by atoms with Crippen molar-refractivity contribution in [2.45, 2.75) is 39.0 Å². The van der Waals surface area contributed by atoms with Crippen molar-refractivity contribution in [2.24, 2.45) is 0 Å². The molecule has 1 aliphatic rings. The monoisotopic (exact) mass is 548 g/mol. The number of nitrogens with zero attached hydrogens (tertiary/aromatic N) is 1. The molecule has 2 aromatic rings. The van der Waals surface area contributed by atoms with E-state index in [0.29, 0.717) is 5.56 Å². The molecular formula is C30H36N4O6. The van der Waals surface area contributed by atoms with E-state index in [0.717, 1.165) is 44.0 Å². The largest absolute Gasteiger partial charge is 0.444 e. The molecular weight excluding hydrogens is 512 g/mol. The zero-order valence-electron chi connectivity index (χ0n) is 23.0. The Balaban J connectivity index is 1.51. The lowest BCUT2D eigenvalue weighted by Crippen LogP contribution is -2.52. The molecule has 1 aliphatic heterocycles. The third-order valence-corrected chi connectivity index (χ3v) is 5.79. The molecule has 3 rings (SSSR count). The van der Waals surface area contributed by atoms with E-state index < -0.39 is 29.6 Å². The van der Waals surface area contributed by atoms with E-state index >= 15 is 0 Å². The van der Waals surface area contributed by atoms with Gasteiger partial charge in [-0.25, -0.2) is 10.3 Å². The fourth-order valence-electron chi connectivity index (χ4n) is 3.75. The van der Waals surface area contributed by atoms with Gasteiger partial charge in [0.05, 0.1) is 19.8 Å². The number of amides is 3. The average molecular weight is 549 g/mol. The summed E-state index contributed by atoms with van der Waals surface area (Å²) >= 11 is 0. The maximum absolute atomic E-state index is 12.6. The van der Waals surface area contributed by atoms with Crippen LogP contribution in [0.3, 0.4) is 0 Å². The molecule has 0 bridgehead atoms. The van der Waals surface area contributed by atoms with E-state index in [-0.39, 0.29) is 6.54 Å². The van der Waals surface area contributed by atoms with Gasteiger partial charge in [-0.2, -0.15) is 0 Å². The van der Waals surface area contributed by atoms with Crippen LogP contribution in [-0.4, -0.2) is 72.5 Å². The van der Waals surface area contributed by atoms with Crippen molar-refractivity contribution in [3.05, 3.63) is 76.9 Å². The van der Waals surface area contributed by atoms with Crippen LogP contribution in [0.15, 0.2) is 54.6 Å². The molecule has 4 N–H and O–H groups in total. The first-order chi connectivity index (χ1) is 19.1. The minimum atomic E-state index is -1.21. The standard InChI is InChI=1S/C30H36N4O6/c1-30(2,3)40-29(37)31-20-26(28(36)33-38)32-27(35)25-14-12-23(13-15-25)7-5-4-6-22-8-10-24(11-9-22)21-34-16-18-39-19-17-34/h5,7-15,26,38H,16-21H2,1-3H3,(H,31,37)(H,32,35)(H,33,36)/t26-/m0/s1. The van der Waals surface area contributed by atoms with Crippen LogP contribution in [0.4, 0.5) is 4.79 Å². The van der Waals surface area contributed by atoms with Crippen molar-refractivity contribution >= 4 is 24.0 Å². The molecule has 0 aliphatic carbocycles. The highest BCUT2D eigenvalue weighted by Gasteiger charge is 2.23. The fourth-order valence-corrected chi connectivity index (χ4v) is 3.75. The first-order valence-corrected chi connectivity index (χ1v) is 13.0. The number of hydroxylamine groups is 1. The van der Waals surface area contributed by atoms with Gasteiger partial charge in [-0.3, -0.25) is 19.7 Å². The molecule has 10 nitrogen and oxygen atoms in total. The summed E-state index contributed by atoms with van der Waals surface area (Å²) in [6.07, 6.45) is 2.81. The Morgan fingerprint density at radius 2 is 1.75 bits per heavy atom. The number of carbonyl (C=O) groups excluding carboxylic acids is 3. The van der Waals surface area contributed by atoms with Gasteiger partial charge in [0.25, 0.3) is 11.8 Å². The van der Waals surface area contributed by atoms with E-state index in [1.165, 1.54) is 11.0 Å². The predicted molar refractivity (Wildman–Crippen MR) is 150 cm³/mol. The molecule has 2 aromatic carbocycles. The van der Waals surface area contributed by atoms with E-state index in [2.05, 4.69) is 39.5 Å². The summed E-state index contributed by atoms with van der Waals surface area (Å²) in [6, 6.07) is 13.7. The van der Waals surface area contributed by atoms with Crippen LogP contribution in [-0.2, 0) is 20.8 Å². The van der Waals surface area contributed by atoms with Crippen molar-refractivity contribution in [1.29, 1.82) is 0 Å². The minimum absolute atomic E-state index is 0.275. The zero-order chi connectivity index (χ0) is 29.0. The summed E-state index contributed by atoms with van der Waals surface area (Å²) in [7, 11) is 0. The van der Waals surface area contributed by atoms with Crippen LogP contribution in [0.2, 0.25) is 0 Å². The Bertz CT molecular complexity index is 1230. The number of rotatable bonds is 8. The topological polar surface area (TPSA) is 129 Å². The van der Waals surface area contributed by atoms with Gasteiger partial charge in [0.2, 0.25) is 0 Å². The Labute approximate surface area is 234 Å². The number of morpholine rings is 1. The molecule has 1 heterocycles. The predicted octanol–water partition coefficient (Wildman–Crippen LogP) is 2.71. The molecule has 0 radical (unpaired) electrons. The van der Waals surface area contributed by atoms with Gasteiger partial charge in [-0.05, 0) is 68.3 Å². The van der Waals surface area contributed by atoms with E-state index in [9.17, 15) is 14.4 Å². The van der Waals surface area contributed by atoms with Crippen LogP contribution in [0.5, 0.6) is 0 Å². The lowest BCUT2D eigenvalue weighted by molar-refractivity contribution is -0.131. The minimum Gasteiger partial charge on any atom is -0.444 e. The number of ether oxygens (including phenoxy) is 2. The third kappa shape index (κ3) is 10.5. The second-order valence-corrected chi connectivity index (χ2v) is 10.2. The number of allylic oxidation sites excluding steroid dienone is 1. The van der Waals surface area contributed by atoms with E-state index in [1.54, 1.807) is 51.1 Å². The number of benzene rings is 2. The Morgan fingerprint density at radius 3 is 2.38 bits per heavy atom. The van der Waals surface area contributed by atoms with Crippen molar-refractivity contribution in [1.82, 2.24) is 21.0 Å². The van der Waals surface area contributed by atoms with Crippen LogP contribution in [0.1, 0.15) is 47.8 Å². The lowest BCUT2D eigenvalue weighted by Gasteiger charge is -2.26. The molecule has 3 amide bonds. The quantitative estimate of drug-likeness (QED) is 0.227. The highest BCUT2D eigenvalue weighted by Crippen LogP contribution is 2.10. The molecule has 0 unspecified atom stereocenters. The van der Waals surface area contributed by atoms with Gasteiger partial charge in [0.1, 0.15) is 11.6 Å². The normalized spacial score (nSPS) is 14.5. The van der Waals surface area contributed by atoms with Crippen molar-refractivity contribution in [3.8, 4) is 11.8 Å². The highest BCUT2D eigenvalue weighted by molar-refractivity contribution is 5.97. The maximum atomic E-state index is 12.6. The second kappa shape index (κ2) is 14.8. The molecule has 40 heavy (non-hydrogen) atoms. The van der Waals surface area contributed by atoms with Crippen LogP contribution >= 0.6 is 0 Å². The van der Waals surface area contributed by atoms with Gasteiger partial charge in [0, 0.05) is 30.8 Å². The number of alkyl carbamates (subject to hydrolysis) is 1. The number of carbonyl (C=O) groups is 3. The zero-order valence-corrected chi connectivity index (χ0v) is 23.0. The van der Waals surface area contributed by atoms with Gasteiger partial charge in [0.15, 0.2) is 0 Å². The van der Waals surface area contributed by atoms with Crippen LogP contribution in [0, 0.1) is 11.8 Å². The molecule has 1 saturated heterocycles. The highest BCUT2D eigenvalue weighted by atomic mass is 16.6. The van der Waals surface area contributed by atoms with Gasteiger partial charge < -0.3 is 20.1 Å². The van der Waals surface area contributed by atoms with E-state index in [1.807, 2.05) is 18.2 Å². The first-order valence-electron chi connectivity index (χ1n) is 13.0. The van der Waals surface area contributed by atoms with E-state index in [4.69, 9.17) is 14.7 Å². The van der Waals surface area contributed by atoms with Crippen LogP contribution < -0.4 is 16.1 Å². The summed E-state index contributed by atoms with van der Waals surface area (Å²) in [5, 5.41) is 13.9. The molecule has 0 aromatic heterocycles. The molecule has 1 fully saturated rings. The van der Waals surface area contributed by atoms with Crippen molar-refractivity contribution in [2.75, 3.05) is 32.8 Å². The Hall–Kier alpha value is -4.17. The summed E-state index contributed by atoms with van der Waals surface area (Å²) in [4.78, 5) is 38.9.